The summed E-state index contributed by atoms with van der Waals surface area (Å²) in [7, 11) is 0. The third kappa shape index (κ3) is 3.21. The summed E-state index contributed by atoms with van der Waals surface area (Å²) in [5.41, 5.74) is -0.250. The Labute approximate surface area is 92.6 Å². The predicted molar refractivity (Wildman–Crippen MR) is 46.4 cm³/mol. The molecule has 8 heteroatoms. The van der Waals surface area contributed by atoms with Gasteiger partial charge in [0.05, 0.1) is 12.5 Å². The lowest BCUT2D eigenvalue weighted by Crippen LogP contribution is -2.18. The van der Waals surface area contributed by atoms with Gasteiger partial charge >= 0.3 is 6.36 Å². The highest BCUT2D eigenvalue weighted by Gasteiger charge is 2.32. The maximum Gasteiger partial charge on any atom is 0.574 e. The Bertz CT molecular complexity index is 383. The molecule has 0 aliphatic carbocycles. The number of rotatable bonds is 3. The number of hydrogen-bond donors (Lipinski definition) is 1. The summed E-state index contributed by atoms with van der Waals surface area (Å²) in [6.45, 7) is -0.657. The quantitative estimate of drug-likeness (QED) is 0.515. The summed E-state index contributed by atoms with van der Waals surface area (Å²) < 4.78 is 52.0. The Balaban J connectivity index is 3.10. The van der Waals surface area contributed by atoms with E-state index in [1.165, 1.54) is 0 Å². The van der Waals surface area contributed by atoms with Gasteiger partial charge in [0.2, 0.25) is 11.8 Å². The molecule has 16 heavy (non-hydrogen) atoms. The van der Waals surface area contributed by atoms with E-state index in [4.69, 9.17) is 16.7 Å². The first-order valence-corrected chi connectivity index (χ1v) is 4.51. The third-order valence-corrected chi connectivity index (χ3v) is 1.93. The lowest BCUT2D eigenvalue weighted by atomic mass is 10.1. The van der Waals surface area contributed by atoms with Crippen molar-refractivity contribution in [3.8, 4) is 5.88 Å². The van der Waals surface area contributed by atoms with E-state index in [0.29, 0.717) is 0 Å². The van der Waals surface area contributed by atoms with E-state index in [2.05, 4.69) is 9.72 Å². The molecular formula is C8H6ClF4NO2. The molecule has 0 aliphatic heterocycles. The number of nitrogens with zero attached hydrogens (tertiary/aromatic N) is 1. The minimum Gasteiger partial charge on any atom is -0.392 e. The summed E-state index contributed by atoms with van der Waals surface area (Å²) >= 11 is 5.35. The number of alkyl halides is 4. The highest BCUT2D eigenvalue weighted by Crippen LogP contribution is 2.25. The van der Waals surface area contributed by atoms with E-state index < -0.39 is 24.8 Å². The van der Waals surface area contributed by atoms with Crippen LogP contribution >= 0.6 is 11.6 Å². The van der Waals surface area contributed by atoms with Crippen LogP contribution in [-0.4, -0.2) is 16.5 Å². The summed E-state index contributed by atoms with van der Waals surface area (Å²) in [5, 5.41) is 8.81. The van der Waals surface area contributed by atoms with Gasteiger partial charge in [-0.05, 0) is 5.56 Å². The third-order valence-electron chi connectivity index (χ3n) is 1.67. The standard InChI is InChI=1S/C8H6ClF4NO2/c9-2-5-4(3-15)1-6(14-7(5)10)16-8(11,12)13/h1,15H,2-3H2. The monoisotopic (exact) mass is 259 g/mol. The Hall–Kier alpha value is -1.08. The second kappa shape index (κ2) is 4.84. The first kappa shape index (κ1) is 13.0. The summed E-state index contributed by atoms with van der Waals surface area (Å²) in [6.07, 6.45) is -4.96. The fraction of sp³-hybridized carbons (Fsp3) is 0.375. The van der Waals surface area contributed by atoms with Gasteiger partial charge in [0.25, 0.3) is 0 Å². The van der Waals surface area contributed by atoms with E-state index in [9.17, 15) is 17.6 Å². The van der Waals surface area contributed by atoms with Crippen molar-refractivity contribution in [3.63, 3.8) is 0 Å². The zero-order valence-corrected chi connectivity index (χ0v) is 8.44. The molecule has 0 amide bonds. The molecule has 0 aromatic carbocycles. The van der Waals surface area contributed by atoms with Gasteiger partial charge in [0.1, 0.15) is 0 Å². The van der Waals surface area contributed by atoms with Crippen LogP contribution in [-0.2, 0) is 12.5 Å². The molecule has 1 rings (SSSR count). The van der Waals surface area contributed by atoms with Gasteiger partial charge in [-0.25, -0.2) is 0 Å². The van der Waals surface area contributed by atoms with Gasteiger partial charge in [-0.15, -0.1) is 24.8 Å². The zero-order valence-electron chi connectivity index (χ0n) is 7.68. The van der Waals surface area contributed by atoms with E-state index in [1.54, 1.807) is 0 Å². The van der Waals surface area contributed by atoms with Gasteiger partial charge in [-0.1, -0.05) is 0 Å². The molecule has 0 aliphatic rings. The van der Waals surface area contributed by atoms with Crippen LogP contribution < -0.4 is 4.74 Å². The molecule has 1 aromatic heterocycles. The smallest absolute Gasteiger partial charge is 0.392 e. The maximum atomic E-state index is 13.1. The fourth-order valence-electron chi connectivity index (χ4n) is 1.02. The second-order valence-corrected chi connectivity index (χ2v) is 3.00. The SMILES string of the molecule is OCc1cc(OC(F)(F)F)nc(F)c1CCl. The predicted octanol–water partition coefficient (Wildman–Crippen LogP) is 2.35. The molecule has 0 radical (unpaired) electrons. The van der Waals surface area contributed by atoms with Crippen molar-refractivity contribution in [1.29, 1.82) is 0 Å². The Kier molecular flexibility index (Phi) is 3.93. The molecule has 3 nitrogen and oxygen atoms in total. The van der Waals surface area contributed by atoms with Gasteiger partial charge in [-0.2, -0.15) is 9.37 Å². The van der Waals surface area contributed by atoms with Gasteiger partial charge in [0, 0.05) is 11.6 Å². The molecule has 0 bridgehead atoms. The summed E-state index contributed by atoms with van der Waals surface area (Å²) in [6, 6.07) is 0.786. The number of aromatic nitrogens is 1. The molecule has 90 valence electrons. The number of halogens is 5. The number of hydrogen-bond acceptors (Lipinski definition) is 3. The van der Waals surface area contributed by atoms with Gasteiger partial charge < -0.3 is 9.84 Å². The molecule has 0 unspecified atom stereocenters. The van der Waals surface area contributed by atoms with Crippen LogP contribution in [0.1, 0.15) is 11.1 Å². The van der Waals surface area contributed by atoms with Gasteiger partial charge in [0.15, 0.2) is 0 Å². The van der Waals surface area contributed by atoms with Crippen LogP contribution in [0.3, 0.4) is 0 Å². The molecule has 0 saturated heterocycles. The van der Waals surface area contributed by atoms with E-state index in [-0.39, 0.29) is 17.0 Å². The van der Waals surface area contributed by atoms with E-state index in [0.717, 1.165) is 6.07 Å². The average molecular weight is 260 g/mol. The molecule has 0 saturated carbocycles. The highest BCUT2D eigenvalue weighted by atomic mass is 35.5. The van der Waals surface area contributed by atoms with Crippen molar-refractivity contribution in [1.82, 2.24) is 4.98 Å². The van der Waals surface area contributed by atoms with Crippen LogP contribution in [0.25, 0.3) is 0 Å². The van der Waals surface area contributed by atoms with Crippen molar-refractivity contribution >= 4 is 11.6 Å². The molecule has 1 heterocycles. The largest absolute Gasteiger partial charge is 0.574 e. The van der Waals surface area contributed by atoms with Crippen molar-refractivity contribution in [3.05, 3.63) is 23.1 Å². The number of aliphatic hydroxyl groups excluding tert-OH is 1. The number of ether oxygens (including phenoxy) is 1. The number of pyridine rings is 1. The molecule has 0 atom stereocenters. The second-order valence-electron chi connectivity index (χ2n) is 2.73. The maximum absolute atomic E-state index is 13.1. The van der Waals surface area contributed by atoms with E-state index in [1.807, 2.05) is 0 Å². The summed E-state index contributed by atoms with van der Waals surface area (Å²) in [4.78, 5) is 2.93. The lowest BCUT2D eigenvalue weighted by molar-refractivity contribution is -0.276. The van der Waals surface area contributed by atoms with Crippen molar-refractivity contribution in [2.75, 3.05) is 0 Å². The van der Waals surface area contributed by atoms with Crippen molar-refractivity contribution in [2.45, 2.75) is 18.8 Å². The fourth-order valence-corrected chi connectivity index (χ4v) is 1.30. The first-order chi connectivity index (χ1) is 7.37. The highest BCUT2D eigenvalue weighted by molar-refractivity contribution is 6.17. The lowest BCUT2D eigenvalue weighted by Gasteiger charge is -2.11. The first-order valence-electron chi connectivity index (χ1n) is 3.98. The van der Waals surface area contributed by atoms with Crippen LogP contribution in [0.15, 0.2) is 6.07 Å². The Morgan fingerprint density at radius 2 is 2.06 bits per heavy atom. The number of aliphatic hydroxyl groups is 1. The normalized spacial score (nSPS) is 11.6. The summed E-state index contributed by atoms with van der Waals surface area (Å²) in [5.74, 6) is -2.47. The van der Waals surface area contributed by atoms with Crippen molar-refractivity contribution < 1.29 is 27.4 Å². The molecule has 0 spiro atoms. The van der Waals surface area contributed by atoms with Crippen LogP contribution in [0, 0.1) is 5.95 Å². The van der Waals surface area contributed by atoms with Gasteiger partial charge in [-0.3, -0.25) is 0 Å². The van der Waals surface area contributed by atoms with E-state index >= 15 is 0 Å². The molecular weight excluding hydrogens is 254 g/mol. The molecule has 0 fully saturated rings. The Morgan fingerprint density at radius 1 is 1.44 bits per heavy atom. The van der Waals surface area contributed by atoms with Crippen LogP contribution in [0.2, 0.25) is 0 Å². The van der Waals surface area contributed by atoms with Crippen LogP contribution in [0.5, 0.6) is 5.88 Å². The molecule has 1 N–H and O–H groups in total. The molecule has 1 aromatic rings. The zero-order chi connectivity index (χ0) is 12.3. The topological polar surface area (TPSA) is 42.4 Å². The van der Waals surface area contributed by atoms with Crippen molar-refractivity contribution in [2.24, 2.45) is 0 Å². The van der Waals surface area contributed by atoms with Crippen LogP contribution in [0.4, 0.5) is 17.6 Å². The average Bonchev–Trinajstić information content (AvgIpc) is 2.14. The minimum absolute atomic E-state index is 0.0956. The Morgan fingerprint density at radius 3 is 2.50 bits per heavy atom. The minimum atomic E-state index is -4.96.